The minimum absolute atomic E-state index is 0.0122. The zero-order valence-electron chi connectivity index (χ0n) is 15.6. The highest BCUT2D eigenvalue weighted by Gasteiger charge is 2.22. The van der Waals surface area contributed by atoms with Crippen molar-refractivity contribution in [1.82, 2.24) is 9.78 Å². The van der Waals surface area contributed by atoms with Gasteiger partial charge in [-0.25, -0.2) is 4.68 Å². The Morgan fingerprint density at radius 3 is 2.86 bits per heavy atom. The molecular formula is C21H22N4O3. The summed E-state index contributed by atoms with van der Waals surface area (Å²) in [5.41, 5.74) is 9.03. The lowest BCUT2D eigenvalue weighted by Crippen LogP contribution is -2.35. The Morgan fingerprint density at radius 1 is 1.25 bits per heavy atom. The number of rotatable bonds is 4. The number of fused-ring (bicyclic) bond motifs is 1. The van der Waals surface area contributed by atoms with Crippen molar-refractivity contribution < 1.29 is 9.21 Å². The molecule has 0 radical (unpaired) electrons. The SMILES string of the molecule is C[C@@H](C(=O)Nc1cccc2c1CCCC2)n1nc(-c2ccco2)cc(N)c1=O. The largest absolute Gasteiger partial charge is 0.463 e. The fourth-order valence-electron chi connectivity index (χ4n) is 3.59. The molecule has 0 fully saturated rings. The zero-order valence-corrected chi connectivity index (χ0v) is 15.6. The van der Waals surface area contributed by atoms with Gasteiger partial charge in [0.1, 0.15) is 17.4 Å². The van der Waals surface area contributed by atoms with Crippen molar-refractivity contribution in [1.29, 1.82) is 0 Å². The summed E-state index contributed by atoms with van der Waals surface area (Å²) < 4.78 is 6.44. The second-order valence-corrected chi connectivity index (χ2v) is 7.03. The Hall–Kier alpha value is -3.35. The lowest BCUT2D eigenvalue weighted by molar-refractivity contribution is -0.119. The van der Waals surface area contributed by atoms with Gasteiger partial charge in [-0.15, -0.1) is 0 Å². The second-order valence-electron chi connectivity index (χ2n) is 7.03. The van der Waals surface area contributed by atoms with Crippen molar-refractivity contribution in [2.45, 2.75) is 38.6 Å². The lowest BCUT2D eigenvalue weighted by atomic mass is 9.90. The highest BCUT2D eigenvalue weighted by atomic mass is 16.3. The number of furan rings is 1. The van der Waals surface area contributed by atoms with Crippen molar-refractivity contribution in [3.63, 3.8) is 0 Å². The predicted octanol–water partition coefficient (Wildman–Crippen LogP) is 3.16. The first-order valence-corrected chi connectivity index (χ1v) is 9.39. The van der Waals surface area contributed by atoms with Crippen LogP contribution in [0.5, 0.6) is 0 Å². The topological polar surface area (TPSA) is 103 Å². The van der Waals surface area contributed by atoms with E-state index >= 15 is 0 Å². The molecule has 144 valence electrons. The zero-order chi connectivity index (χ0) is 19.7. The van der Waals surface area contributed by atoms with Crippen LogP contribution in [0, 0.1) is 0 Å². The van der Waals surface area contributed by atoms with Gasteiger partial charge in [-0.05, 0) is 68.0 Å². The Bertz CT molecular complexity index is 1070. The van der Waals surface area contributed by atoms with Crippen LogP contribution in [0.4, 0.5) is 11.4 Å². The third kappa shape index (κ3) is 3.31. The molecule has 3 N–H and O–H groups in total. The lowest BCUT2D eigenvalue weighted by Gasteiger charge is -2.21. The van der Waals surface area contributed by atoms with Crippen molar-refractivity contribution in [2.75, 3.05) is 11.1 Å². The van der Waals surface area contributed by atoms with Gasteiger partial charge in [-0.1, -0.05) is 12.1 Å². The summed E-state index contributed by atoms with van der Waals surface area (Å²) in [4.78, 5) is 25.4. The quantitative estimate of drug-likeness (QED) is 0.726. The monoisotopic (exact) mass is 378 g/mol. The average Bonchev–Trinajstić information content (AvgIpc) is 3.24. The van der Waals surface area contributed by atoms with Crippen LogP contribution in [-0.4, -0.2) is 15.7 Å². The first-order chi connectivity index (χ1) is 13.5. The van der Waals surface area contributed by atoms with Crippen LogP contribution in [0.2, 0.25) is 0 Å². The van der Waals surface area contributed by atoms with Gasteiger partial charge in [0.15, 0.2) is 5.76 Å². The molecule has 0 spiro atoms. The first kappa shape index (κ1) is 18.0. The van der Waals surface area contributed by atoms with E-state index in [4.69, 9.17) is 10.2 Å². The molecule has 2 heterocycles. The summed E-state index contributed by atoms with van der Waals surface area (Å²) in [6.07, 6.45) is 5.76. The summed E-state index contributed by atoms with van der Waals surface area (Å²) in [5, 5.41) is 7.26. The molecule has 1 aromatic carbocycles. The van der Waals surface area contributed by atoms with Gasteiger partial charge >= 0.3 is 0 Å². The summed E-state index contributed by atoms with van der Waals surface area (Å²) in [5.74, 6) is 0.162. The number of benzene rings is 1. The summed E-state index contributed by atoms with van der Waals surface area (Å²) in [7, 11) is 0. The van der Waals surface area contributed by atoms with Crippen molar-refractivity contribution >= 4 is 17.3 Å². The van der Waals surface area contributed by atoms with Crippen LogP contribution in [0.15, 0.2) is 51.9 Å². The third-order valence-electron chi connectivity index (χ3n) is 5.14. The molecule has 28 heavy (non-hydrogen) atoms. The first-order valence-electron chi connectivity index (χ1n) is 9.39. The van der Waals surface area contributed by atoms with Gasteiger partial charge in [0.05, 0.1) is 6.26 Å². The van der Waals surface area contributed by atoms with E-state index in [9.17, 15) is 9.59 Å². The smallest absolute Gasteiger partial charge is 0.290 e. The van der Waals surface area contributed by atoms with Crippen LogP contribution < -0.4 is 16.6 Å². The normalized spacial score (nSPS) is 14.3. The maximum atomic E-state index is 12.9. The number of nitrogens with two attached hydrogens (primary N) is 1. The van der Waals surface area contributed by atoms with Gasteiger partial charge < -0.3 is 15.5 Å². The average molecular weight is 378 g/mol. The molecule has 0 saturated carbocycles. The molecule has 0 aliphatic heterocycles. The van der Waals surface area contributed by atoms with Crippen LogP contribution in [0.1, 0.15) is 36.9 Å². The summed E-state index contributed by atoms with van der Waals surface area (Å²) >= 11 is 0. The highest BCUT2D eigenvalue weighted by Crippen LogP contribution is 2.28. The molecule has 7 nitrogen and oxygen atoms in total. The number of hydrogen-bond donors (Lipinski definition) is 2. The van der Waals surface area contributed by atoms with E-state index in [1.807, 2.05) is 12.1 Å². The Labute approximate surface area is 162 Å². The number of nitrogens with one attached hydrogen (secondary N) is 1. The van der Waals surface area contributed by atoms with Crippen molar-refractivity contribution in [3.05, 3.63) is 64.1 Å². The molecule has 4 rings (SSSR count). The van der Waals surface area contributed by atoms with Crippen molar-refractivity contribution in [2.24, 2.45) is 0 Å². The van der Waals surface area contributed by atoms with Crippen LogP contribution >= 0.6 is 0 Å². The number of nitrogens with zero attached hydrogens (tertiary/aromatic N) is 2. The molecule has 7 heteroatoms. The van der Waals surface area contributed by atoms with Crippen molar-refractivity contribution in [3.8, 4) is 11.5 Å². The molecule has 1 amide bonds. The number of anilines is 2. The number of amides is 1. The number of aryl methyl sites for hydroxylation is 1. The molecule has 1 atom stereocenters. The molecule has 1 aliphatic rings. The Kier molecular flexibility index (Phi) is 4.73. The fourth-order valence-corrected chi connectivity index (χ4v) is 3.59. The highest BCUT2D eigenvalue weighted by molar-refractivity contribution is 5.94. The van der Waals surface area contributed by atoms with Gasteiger partial charge in [0, 0.05) is 5.69 Å². The maximum absolute atomic E-state index is 12.9. The Balaban J connectivity index is 1.64. The predicted molar refractivity (Wildman–Crippen MR) is 107 cm³/mol. The third-order valence-corrected chi connectivity index (χ3v) is 5.14. The van der Waals surface area contributed by atoms with E-state index in [-0.39, 0.29) is 11.6 Å². The number of carbonyl (C=O) groups excluding carboxylic acids is 1. The van der Waals surface area contributed by atoms with Gasteiger partial charge in [0.2, 0.25) is 5.91 Å². The van der Waals surface area contributed by atoms with E-state index in [0.717, 1.165) is 29.6 Å². The molecule has 1 aliphatic carbocycles. The van der Waals surface area contributed by atoms with E-state index in [2.05, 4.69) is 16.5 Å². The summed E-state index contributed by atoms with van der Waals surface area (Å²) in [6, 6.07) is 10.0. The van der Waals surface area contributed by atoms with Gasteiger partial charge in [-0.2, -0.15) is 5.10 Å². The van der Waals surface area contributed by atoms with Gasteiger partial charge in [0.25, 0.3) is 5.56 Å². The molecule has 0 bridgehead atoms. The van der Waals surface area contributed by atoms with Crippen LogP contribution in [-0.2, 0) is 17.6 Å². The molecule has 2 aromatic heterocycles. The molecule has 3 aromatic rings. The van der Waals surface area contributed by atoms with Crippen LogP contribution in [0.3, 0.4) is 0 Å². The molecule has 0 unspecified atom stereocenters. The standard InChI is InChI=1S/C21H22N4O3/c1-13(20(26)23-17-9-4-7-14-6-2-3-8-15(14)17)25-21(27)16(22)12-18(24-25)19-10-5-11-28-19/h4-5,7,9-13H,2-3,6,8,22H2,1H3,(H,23,26)/t13-/m0/s1. The van der Waals surface area contributed by atoms with Crippen LogP contribution in [0.25, 0.3) is 11.5 Å². The number of aromatic nitrogens is 2. The van der Waals surface area contributed by atoms with E-state index < -0.39 is 11.6 Å². The van der Waals surface area contributed by atoms with E-state index in [0.29, 0.717) is 11.5 Å². The number of hydrogen-bond acceptors (Lipinski definition) is 5. The summed E-state index contributed by atoms with van der Waals surface area (Å²) in [6.45, 7) is 1.63. The maximum Gasteiger partial charge on any atom is 0.290 e. The van der Waals surface area contributed by atoms with E-state index in [1.54, 1.807) is 19.1 Å². The molecular weight excluding hydrogens is 356 g/mol. The minimum Gasteiger partial charge on any atom is -0.463 e. The Morgan fingerprint density at radius 2 is 2.07 bits per heavy atom. The fraction of sp³-hybridized carbons (Fsp3) is 0.286. The second kappa shape index (κ2) is 7.34. The molecule has 0 saturated heterocycles. The van der Waals surface area contributed by atoms with Gasteiger partial charge in [-0.3, -0.25) is 9.59 Å². The number of nitrogen functional groups attached to an aromatic ring is 1. The minimum atomic E-state index is -0.829. The van der Waals surface area contributed by atoms with E-state index in [1.165, 1.54) is 29.9 Å². The number of carbonyl (C=O) groups is 1.